The Bertz CT molecular complexity index is 920. The summed E-state index contributed by atoms with van der Waals surface area (Å²) in [6.45, 7) is -0.231. The fourth-order valence-corrected chi connectivity index (χ4v) is 2.87. The largest absolute Gasteiger partial charge is 0.507 e. The molecule has 0 aliphatic heterocycles. The third-order valence-electron chi connectivity index (χ3n) is 4.05. The number of benzene rings is 2. The second-order valence-electron chi connectivity index (χ2n) is 6.11. The molecule has 0 aromatic heterocycles. The van der Waals surface area contributed by atoms with Crippen LogP contribution in [0.4, 0.5) is 5.69 Å². The predicted molar refractivity (Wildman–Crippen MR) is 111 cm³/mol. The minimum Gasteiger partial charge on any atom is -0.507 e. The van der Waals surface area contributed by atoms with Gasteiger partial charge in [-0.3, -0.25) is 0 Å². The van der Waals surface area contributed by atoms with Gasteiger partial charge in [0, 0.05) is 38.3 Å². The monoisotopic (exact) mass is 457 g/mol. The van der Waals surface area contributed by atoms with Crippen molar-refractivity contribution in [3.63, 3.8) is 0 Å². The zero-order valence-corrected chi connectivity index (χ0v) is 18.0. The summed E-state index contributed by atoms with van der Waals surface area (Å²) < 4.78 is 31.6. The molecule has 0 aliphatic rings. The molecule has 0 unspecified atom stereocenters. The summed E-state index contributed by atoms with van der Waals surface area (Å²) in [6.07, 6.45) is 0.134. The number of carbonyl (C=O) groups is 1. The van der Waals surface area contributed by atoms with E-state index in [2.05, 4.69) is 0 Å². The fraction of sp³-hybridized carbons (Fsp3) is 0.350. The Hall–Kier alpha value is -3.08. The summed E-state index contributed by atoms with van der Waals surface area (Å²) >= 11 is 5.79. The fourth-order valence-electron chi connectivity index (χ4n) is 2.71. The van der Waals surface area contributed by atoms with Gasteiger partial charge >= 0.3 is 5.97 Å². The molecular weight excluding hydrogens is 434 g/mol. The lowest BCUT2D eigenvalue weighted by Gasteiger charge is -2.20. The summed E-state index contributed by atoms with van der Waals surface area (Å²) in [5.74, 6) is -0.733. The molecule has 170 valence electrons. The lowest BCUT2D eigenvalue weighted by atomic mass is 10.1. The van der Waals surface area contributed by atoms with Crippen molar-refractivity contribution in [3.05, 3.63) is 34.3 Å². The quantitative estimate of drug-likeness (QED) is 0.262. The number of hydrogen-bond donors (Lipinski definition) is 3. The van der Waals surface area contributed by atoms with Crippen LogP contribution in [0.2, 0.25) is 5.02 Å². The molecular formula is C20H24ClNO9. The highest BCUT2D eigenvalue weighted by molar-refractivity contribution is 6.32. The van der Waals surface area contributed by atoms with Gasteiger partial charge in [-0.1, -0.05) is 11.6 Å². The normalized spacial score (nSPS) is 10.6. The number of esters is 1. The van der Waals surface area contributed by atoms with Gasteiger partial charge in [0.1, 0.15) is 17.1 Å². The lowest BCUT2D eigenvalue weighted by Crippen LogP contribution is -2.12. The van der Waals surface area contributed by atoms with Crippen LogP contribution in [0.15, 0.2) is 18.2 Å². The van der Waals surface area contributed by atoms with E-state index in [4.69, 9.17) is 45.8 Å². The van der Waals surface area contributed by atoms with Gasteiger partial charge < -0.3 is 44.4 Å². The van der Waals surface area contributed by atoms with Crippen LogP contribution >= 0.6 is 11.6 Å². The maximum atomic E-state index is 12.3. The molecule has 0 spiro atoms. The molecule has 2 aromatic rings. The highest BCUT2D eigenvalue weighted by Gasteiger charge is 2.22. The number of hydrogen-bond acceptors (Lipinski definition) is 10. The number of anilines is 1. The van der Waals surface area contributed by atoms with Crippen molar-refractivity contribution in [2.24, 2.45) is 0 Å². The number of nitrogen functional groups attached to an aromatic ring is 1. The molecule has 0 heterocycles. The Morgan fingerprint density at radius 1 is 1.00 bits per heavy atom. The first-order chi connectivity index (χ1) is 14.8. The average Bonchev–Trinajstić information content (AvgIpc) is 2.74. The first-order valence-corrected chi connectivity index (χ1v) is 9.33. The number of halogens is 1. The lowest BCUT2D eigenvalue weighted by molar-refractivity contribution is 0.0449. The first kappa shape index (κ1) is 24.2. The molecule has 11 heteroatoms. The molecule has 2 aromatic carbocycles. The van der Waals surface area contributed by atoms with Crippen molar-refractivity contribution < 1.29 is 43.4 Å². The van der Waals surface area contributed by atoms with Gasteiger partial charge in [0.15, 0.2) is 30.8 Å². The van der Waals surface area contributed by atoms with Crippen LogP contribution in [0.5, 0.6) is 28.7 Å². The van der Waals surface area contributed by atoms with Gasteiger partial charge in [0.05, 0.1) is 24.4 Å². The Labute approximate surface area is 183 Å². The van der Waals surface area contributed by atoms with Gasteiger partial charge in [0.2, 0.25) is 0 Å². The van der Waals surface area contributed by atoms with Crippen molar-refractivity contribution in [1.29, 1.82) is 0 Å². The number of ether oxygens (including phenoxy) is 6. The molecule has 0 atom stereocenters. The number of methoxy groups -OCH3 is 3. The molecule has 31 heavy (non-hydrogen) atoms. The van der Waals surface area contributed by atoms with Crippen LogP contribution in [0, 0.1) is 0 Å². The second kappa shape index (κ2) is 11.3. The molecule has 0 saturated carbocycles. The van der Waals surface area contributed by atoms with E-state index in [0.717, 1.165) is 12.1 Å². The molecule has 4 N–H and O–H groups in total. The predicted octanol–water partition coefficient (Wildman–Crippen LogP) is 2.71. The molecule has 0 fully saturated rings. The van der Waals surface area contributed by atoms with E-state index in [1.807, 2.05) is 0 Å². The van der Waals surface area contributed by atoms with Crippen LogP contribution in [-0.4, -0.2) is 57.7 Å². The Morgan fingerprint density at radius 2 is 1.68 bits per heavy atom. The van der Waals surface area contributed by atoms with E-state index in [1.165, 1.54) is 27.4 Å². The van der Waals surface area contributed by atoms with Crippen LogP contribution < -0.4 is 19.9 Å². The van der Waals surface area contributed by atoms with E-state index in [0.29, 0.717) is 17.1 Å². The van der Waals surface area contributed by atoms with Crippen LogP contribution in [0.1, 0.15) is 15.9 Å². The number of carbonyl (C=O) groups excluding carboxylic acids is 1. The van der Waals surface area contributed by atoms with E-state index in [9.17, 15) is 15.0 Å². The second-order valence-corrected chi connectivity index (χ2v) is 6.52. The Balaban J connectivity index is 2.26. The van der Waals surface area contributed by atoms with Crippen LogP contribution in [0.3, 0.4) is 0 Å². The number of phenolic OH excluding ortho intramolecular Hbond substituents is 2. The molecule has 0 bridgehead atoms. The highest BCUT2D eigenvalue weighted by Crippen LogP contribution is 2.42. The van der Waals surface area contributed by atoms with Crippen molar-refractivity contribution in [2.75, 3.05) is 47.3 Å². The molecule has 10 nitrogen and oxygen atoms in total. The third kappa shape index (κ3) is 5.97. The van der Waals surface area contributed by atoms with E-state index in [1.54, 1.807) is 0 Å². The van der Waals surface area contributed by atoms with E-state index >= 15 is 0 Å². The van der Waals surface area contributed by atoms with Gasteiger partial charge in [-0.25, -0.2) is 4.79 Å². The maximum Gasteiger partial charge on any atom is 0.341 e. The third-order valence-corrected chi connectivity index (χ3v) is 4.35. The number of rotatable bonds is 11. The van der Waals surface area contributed by atoms with Crippen LogP contribution in [-0.2, 0) is 20.6 Å². The molecule has 0 amide bonds. The Morgan fingerprint density at radius 3 is 2.32 bits per heavy atom. The smallest absolute Gasteiger partial charge is 0.341 e. The summed E-state index contributed by atoms with van der Waals surface area (Å²) in [7, 11) is 4.37. The SMILES string of the molecule is COCOc1cc(N)c(OCOC)c(CCOC(=O)c2cc(Cl)c(O)cc2O)c1OC. The van der Waals surface area contributed by atoms with Gasteiger partial charge in [-0.2, -0.15) is 0 Å². The highest BCUT2D eigenvalue weighted by atomic mass is 35.5. The van der Waals surface area contributed by atoms with E-state index < -0.39 is 11.7 Å². The van der Waals surface area contributed by atoms with Gasteiger partial charge in [0.25, 0.3) is 0 Å². The van der Waals surface area contributed by atoms with Crippen molar-refractivity contribution in [1.82, 2.24) is 0 Å². The molecule has 0 aliphatic carbocycles. The standard InChI is InChI=1S/C20H24ClNO9/c1-26-9-30-17-7-14(22)18(31-10-27-2)11(19(17)28-3)4-5-29-20(25)12-6-13(21)16(24)8-15(12)23/h6-8,23-24H,4-5,9-10,22H2,1-3H3. The van der Waals surface area contributed by atoms with Crippen molar-refractivity contribution >= 4 is 23.3 Å². The minimum atomic E-state index is -0.836. The maximum absolute atomic E-state index is 12.3. The Kier molecular flexibility index (Phi) is 8.86. The van der Waals surface area contributed by atoms with Gasteiger partial charge in [-0.05, 0) is 6.07 Å². The average molecular weight is 458 g/mol. The first-order valence-electron chi connectivity index (χ1n) is 8.95. The zero-order chi connectivity index (χ0) is 23.0. The van der Waals surface area contributed by atoms with Gasteiger partial charge in [-0.15, -0.1) is 0 Å². The molecule has 0 radical (unpaired) electrons. The number of aromatic hydroxyl groups is 2. The summed E-state index contributed by atoms with van der Waals surface area (Å²) in [4.78, 5) is 12.3. The zero-order valence-electron chi connectivity index (χ0n) is 17.3. The molecule has 0 saturated heterocycles. The van der Waals surface area contributed by atoms with Crippen molar-refractivity contribution in [2.45, 2.75) is 6.42 Å². The summed E-state index contributed by atoms with van der Waals surface area (Å²) in [5.41, 5.74) is 6.64. The van der Waals surface area contributed by atoms with E-state index in [-0.39, 0.29) is 54.4 Å². The molecule has 2 rings (SSSR count). The van der Waals surface area contributed by atoms with Crippen molar-refractivity contribution in [3.8, 4) is 28.7 Å². The summed E-state index contributed by atoms with van der Waals surface area (Å²) in [5, 5.41) is 19.3. The summed E-state index contributed by atoms with van der Waals surface area (Å²) in [6, 6.07) is 3.59. The number of nitrogens with two attached hydrogens (primary N) is 1. The number of phenols is 2. The topological polar surface area (TPSA) is 139 Å². The minimum absolute atomic E-state index is 0.0383. The van der Waals surface area contributed by atoms with Crippen LogP contribution in [0.25, 0.3) is 0 Å².